The average Bonchev–Trinajstić information content (AvgIpc) is 3.16. The van der Waals surface area contributed by atoms with Gasteiger partial charge in [-0.1, -0.05) is 121 Å². The molecule has 0 unspecified atom stereocenters. The third-order valence-corrected chi connectivity index (χ3v) is 5.99. The van der Waals surface area contributed by atoms with Crippen molar-refractivity contribution in [3.63, 3.8) is 0 Å². The van der Waals surface area contributed by atoms with E-state index >= 15 is 0 Å². The van der Waals surface area contributed by atoms with Crippen LogP contribution in [0.25, 0.3) is 0 Å². The fourth-order valence-electron chi connectivity index (χ4n) is 4.80. The summed E-state index contributed by atoms with van der Waals surface area (Å²) in [4.78, 5) is 13.1. The van der Waals surface area contributed by atoms with Gasteiger partial charge in [-0.15, -0.1) is 0 Å². The summed E-state index contributed by atoms with van der Waals surface area (Å²) in [7, 11) is 0. The van der Waals surface area contributed by atoms with Crippen molar-refractivity contribution in [1.82, 2.24) is 10.6 Å². The van der Waals surface area contributed by atoms with Crippen molar-refractivity contribution in [2.24, 2.45) is 0 Å². The number of carbonyl (C=O) groups is 1. The van der Waals surface area contributed by atoms with Gasteiger partial charge >= 0.3 is 6.03 Å². The molecule has 5 rings (SSSR count). The van der Waals surface area contributed by atoms with Gasteiger partial charge in [0.05, 0.1) is 0 Å². The normalized spacial score (nSPS) is 16.5. The highest BCUT2D eigenvalue weighted by Gasteiger charge is 2.61. The summed E-state index contributed by atoms with van der Waals surface area (Å²) in [5, 5.41) is 6.68. The van der Waals surface area contributed by atoms with E-state index in [0.717, 1.165) is 22.3 Å². The molecular formula is C27H22N2O. The van der Waals surface area contributed by atoms with Gasteiger partial charge in [0.15, 0.2) is 0 Å². The molecule has 3 heteroatoms. The summed E-state index contributed by atoms with van der Waals surface area (Å²) < 4.78 is 0. The third-order valence-electron chi connectivity index (χ3n) is 5.99. The number of hydrogen-bond donors (Lipinski definition) is 2. The Morgan fingerprint density at radius 2 is 0.633 bits per heavy atom. The number of hydrogen-bond acceptors (Lipinski definition) is 1. The second-order valence-electron chi connectivity index (χ2n) is 7.54. The largest absolute Gasteiger partial charge is 0.321 e. The molecule has 1 heterocycles. The highest BCUT2D eigenvalue weighted by atomic mass is 16.2. The quantitative estimate of drug-likeness (QED) is 0.495. The Hall–Kier alpha value is -3.85. The van der Waals surface area contributed by atoms with E-state index in [9.17, 15) is 4.79 Å². The Balaban J connectivity index is 1.94. The van der Waals surface area contributed by atoms with Crippen molar-refractivity contribution >= 4 is 6.03 Å². The van der Waals surface area contributed by atoms with Gasteiger partial charge in [-0.3, -0.25) is 0 Å². The Bertz CT molecular complexity index is 971. The number of rotatable bonds is 4. The highest BCUT2D eigenvalue weighted by molar-refractivity contribution is 5.84. The lowest BCUT2D eigenvalue weighted by Crippen LogP contribution is -2.56. The van der Waals surface area contributed by atoms with Gasteiger partial charge in [0.1, 0.15) is 11.1 Å². The Labute approximate surface area is 176 Å². The zero-order valence-corrected chi connectivity index (χ0v) is 16.5. The Morgan fingerprint density at radius 3 is 0.867 bits per heavy atom. The molecule has 0 aromatic heterocycles. The van der Waals surface area contributed by atoms with E-state index in [4.69, 9.17) is 0 Å². The minimum atomic E-state index is -0.838. The van der Waals surface area contributed by atoms with E-state index in [1.807, 2.05) is 72.8 Å². The molecule has 1 aliphatic rings. The van der Waals surface area contributed by atoms with Crippen LogP contribution in [0.2, 0.25) is 0 Å². The lowest BCUT2D eigenvalue weighted by atomic mass is 9.63. The van der Waals surface area contributed by atoms with E-state index in [-0.39, 0.29) is 6.03 Å². The van der Waals surface area contributed by atoms with Crippen molar-refractivity contribution < 1.29 is 4.79 Å². The Kier molecular flexibility index (Phi) is 4.36. The van der Waals surface area contributed by atoms with Gasteiger partial charge in [-0.05, 0) is 22.3 Å². The monoisotopic (exact) mass is 390 g/mol. The van der Waals surface area contributed by atoms with E-state index in [1.54, 1.807) is 0 Å². The predicted octanol–water partition coefficient (Wildman–Crippen LogP) is 5.19. The molecule has 0 radical (unpaired) electrons. The second-order valence-corrected chi connectivity index (χ2v) is 7.54. The standard InChI is InChI=1S/C27H22N2O/c30-25-28-26(21-13-5-1-6-14-21,22-15-7-2-8-16-22)27(29-25,23-17-9-3-10-18-23)24-19-11-4-12-20-24/h1-20H,(H2,28,29,30). The predicted molar refractivity (Wildman–Crippen MR) is 119 cm³/mol. The van der Waals surface area contributed by atoms with E-state index in [1.165, 1.54) is 0 Å². The summed E-state index contributed by atoms with van der Waals surface area (Å²) in [5.41, 5.74) is 2.39. The molecule has 1 aliphatic heterocycles. The molecule has 0 aliphatic carbocycles. The van der Waals surface area contributed by atoms with Crippen LogP contribution in [-0.2, 0) is 11.1 Å². The van der Waals surface area contributed by atoms with Crippen molar-refractivity contribution in [3.8, 4) is 0 Å². The van der Waals surface area contributed by atoms with Gasteiger partial charge in [0.2, 0.25) is 0 Å². The maximum absolute atomic E-state index is 13.1. The first kappa shape index (κ1) is 18.2. The molecule has 0 saturated carbocycles. The fraction of sp³-hybridized carbons (Fsp3) is 0.0741. The molecule has 3 nitrogen and oxygen atoms in total. The first-order valence-corrected chi connectivity index (χ1v) is 10.1. The molecule has 4 aromatic rings. The number of urea groups is 1. The first-order chi connectivity index (χ1) is 14.8. The number of benzene rings is 4. The van der Waals surface area contributed by atoms with E-state index in [0.29, 0.717) is 0 Å². The van der Waals surface area contributed by atoms with Crippen LogP contribution in [0.1, 0.15) is 22.3 Å². The smallest absolute Gasteiger partial charge is 0.316 e. The van der Waals surface area contributed by atoms with Crippen LogP contribution in [0.5, 0.6) is 0 Å². The van der Waals surface area contributed by atoms with Gasteiger partial charge in [-0.25, -0.2) is 4.79 Å². The van der Waals surface area contributed by atoms with E-state index in [2.05, 4.69) is 59.2 Å². The van der Waals surface area contributed by atoms with Crippen molar-refractivity contribution in [2.75, 3.05) is 0 Å². The molecule has 1 fully saturated rings. The molecule has 2 N–H and O–H groups in total. The SMILES string of the molecule is O=C1NC(c2ccccc2)(c2ccccc2)C(c2ccccc2)(c2ccccc2)N1. The molecule has 0 atom stereocenters. The summed E-state index contributed by atoms with van der Waals surface area (Å²) in [6, 6.07) is 40.6. The summed E-state index contributed by atoms with van der Waals surface area (Å²) in [6.07, 6.45) is 0. The van der Waals surface area contributed by atoms with Crippen LogP contribution in [-0.4, -0.2) is 6.03 Å². The number of nitrogens with one attached hydrogen (secondary N) is 2. The third kappa shape index (κ3) is 2.56. The van der Waals surface area contributed by atoms with Gasteiger partial charge in [0, 0.05) is 0 Å². The number of carbonyl (C=O) groups excluding carboxylic acids is 1. The van der Waals surface area contributed by atoms with Crippen LogP contribution in [0.15, 0.2) is 121 Å². The van der Waals surface area contributed by atoms with Crippen LogP contribution in [0, 0.1) is 0 Å². The molecule has 0 bridgehead atoms. The molecule has 2 amide bonds. The van der Waals surface area contributed by atoms with Crippen molar-refractivity contribution in [3.05, 3.63) is 144 Å². The lowest BCUT2D eigenvalue weighted by molar-refractivity contribution is 0.245. The summed E-state index contributed by atoms with van der Waals surface area (Å²) in [6.45, 7) is 0. The van der Waals surface area contributed by atoms with Gasteiger partial charge in [0.25, 0.3) is 0 Å². The highest BCUT2D eigenvalue weighted by Crippen LogP contribution is 2.52. The maximum Gasteiger partial charge on any atom is 0.316 e. The van der Waals surface area contributed by atoms with Crippen LogP contribution < -0.4 is 10.6 Å². The minimum absolute atomic E-state index is 0.199. The van der Waals surface area contributed by atoms with Crippen molar-refractivity contribution in [2.45, 2.75) is 11.1 Å². The maximum atomic E-state index is 13.1. The average molecular weight is 390 g/mol. The first-order valence-electron chi connectivity index (χ1n) is 10.1. The molecule has 0 spiro atoms. The molecule has 30 heavy (non-hydrogen) atoms. The fourth-order valence-corrected chi connectivity index (χ4v) is 4.80. The zero-order chi connectivity index (χ0) is 20.4. The summed E-state index contributed by atoms with van der Waals surface area (Å²) in [5.74, 6) is 0. The molecule has 1 saturated heterocycles. The van der Waals surface area contributed by atoms with Gasteiger partial charge in [-0.2, -0.15) is 0 Å². The Morgan fingerprint density at radius 1 is 0.400 bits per heavy atom. The second kappa shape index (κ2) is 7.20. The van der Waals surface area contributed by atoms with E-state index < -0.39 is 11.1 Å². The number of amides is 2. The van der Waals surface area contributed by atoms with Crippen LogP contribution in [0.3, 0.4) is 0 Å². The van der Waals surface area contributed by atoms with Gasteiger partial charge < -0.3 is 10.6 Å². The zero-order valence-electron chi connectivity index (χ0n) is 16.5. The van der Waals surface area contributed by atoms with Crippen molar-refractivity contribution in [1.29, 1.82) is 0 Å². The molecule has 4 aromatic carbocycles. The molecule has 146 valence electrons. The summed E-state index contributed by atoms with van der Waals surface area (Å²) >= 11 is 0. The minimum Gasteiger partial charge on any atom is -0.321 e. The molecular weight excluding hydrogens is 368 g/mol. The van der Waals surface area contributed by atoms with Crippen LogP contribution in [0.4, 0.5) is 4.79 Å². The lowest BCUT2D eigenvalue weighted by Gasteiger charge is -2.46. The topological polar surface area (TPSA) is 41.1 Å². The van der Waals surface area contributed by atoms with Crippen LogP contribution >= 0.6 is 0 Å².